The molecule has 1 aromatic heterocycles. The molecule has 0 spiro atoms. The SMILES string of the molecule is COCCNC(=NCc1ccccc1CN1CCOCC1)NCCc1ccco1. The van der Waals surface area contributed by atoms with Gasteiger partial charge in [0.2, 0.25) is 0 Å². The van der Waals surface area contributed by atoms with E-state index < -0.39 is 0 Å². The number of morpholine rings is 1. The van der Waals surface area contributed by atoms with Crippen LogP contribution in [0.4, 0.5) is 0 Å². The molecular formula is C22H32N4O3. The maximum absolute atomic E-state index is 5.46. The maximum Gasteiger partial charge on any atom is 0.191 e. The van der Waals surface area contributed by atoms with E-state index in [2.05, 4.69) is 39.8 Å². The van der Waals surface area contributed by atoms with Crippen molar-refractivity contribution in [3.63, 3.8) is 0 Å². The van der Waals surface area contributed by atoms with E-state index in [4.69, 9.17) is 18.9 Å². The summed E-state index contributed by atoms with van der Waals surface area (Å²) in [5.74, 6) is 1.75. The van der Waals surface area contributed by atoms with E-state index in [1.54, 1.807) is 13.4 Å². The Morgan fingerprint density at radius 1 is 1.07 bits per heavy atom. The monoisotopic (exact) mass is 400 g/mol. The van der Waals surface area contributed by atoms with Crippen molar-refractivity contribution < 1.29 is 13.9 Å². The number of nitrogens with zero attached hydrogens (tertiary/aromatic N) is 2. The van der Waals surface area contributed by atoms with Crippen molar-refractivity contribution in [1.82, 2.24) is 15.5 Å². The standard InChI is InChI=1S/C22H32N4O3/c1-27-14-10-24-22(23-9-8-21-7-4-13-29-21)25-17-19-5-2-3-6-20(19)18-26-11-15-28-16-12-26/h2-7,13H,8-12,14-18H2,1H3,(H2,23,24,25). The number of rotatable bonds is 10. The molecule has 1 aromatic carbocycles. The fourth-order valence-corrected chi connectivity index (χ4v) is 3.24. The van der Waals surface area contributed by atoms with E-state index in [1.807, 2.05) is 12.1 Å². The third kappa shape index (κ3) is 7.53. The summed E-state index contributed by atoms with van der Waals surface area (Å²) in [5, 5.41) is 6.71. The summed E-state index contributed by atoms with van der Waals surface area (Å²) < 4.78 is 16.0. The van der Waals surface area contributed by atoms with Gasteiger partial charge in [-0.05, 0) is 23.3 Å². The lowest BCUT2D eigenvalue weighted by Gasteiger charge is -2.27. The minimum atomic E-state index is 0.629. The highest BCUT2D eigenvalue weighted by atomic mass is 16.5. The number of aliphatic imine (C=N–C) groups is 1. The molecule has 3 rings (SSSR count). The molecule has 1 aliphatic rings. The van der Waals surface area contributed by atoms with Crippen molar-refractivity contribution in [3.8, 4) is 0 Å². The maximum atomic E-state index is 5.46. The van der Waals surface area contributed by atoms with Crippen LogP contribution in [0.3, 0.4) is 0 Å². The molecule has 7 nitrogen and oxygen atoms in total. The lowest BCUT2D eigenvalue weighted by molar-refractivity contribution is 0.0341. The molecule has 0 aliphatic carbocycles. The van der Waals surface area contributed by atoms with Gasteiger partial charge in [0, 0.05) is 46.3 Å². The predicted octanol–water partition coefficient (Wildman–Crippen LogP) is 2.04. The number of hydrogen-bond acceptors (Lipinski definition) is 5. The van der Waals surface area contributed by atoms with Gasteiger partial charge >= 0.3 is 0 Å². The summed E-state index contributed by atoms with van der Waals surface area (Å²) in [4.78, 5) is 7.24. The summed E-state index contributed by atoms with van der Waals surface area (Å²) in [6, 6.07) is 12.4. The lowest BCUT2D eigenvalue weighted by Crippen LogP contribution is -2.40. The molecule has 1 aliphatic heterocycles. The molecule has 0 amide bonds. The molecule has 1 saturated heterocycles. The molecule has 0 unspecified atom stereocenters. The van der Waals surface area contributed by atoms with Gasteiger partial charge in [-0.2, -0.15) is 0 Å². The lowest BCUT2D eigenvalue weighted by atomic mass is 10.1. The molecular weight excluding hydrogens is 368 g/mol. The Labute approximate surface area is 173 Å². The fourth-order valence-electron chi connectivity index (χ4n) is 3.24. The van der Waals surface area contributed by atoms with Crippen LogP contribution in [0.25, 0.3) is 0 Å². The van der Waals surface area contributed by atoms with E-state index in [0.29, 0.717) is 19.7 Å². The Morgan fingerprint density at radius 2 is 1.86 bits per heavy atom. The van der Waals surface area contributed by atoms with Crippen LogP contribution in [-0.4, -0.2) is 64.0 Å². The molecule has 7 heteroatoms. The van der Waals surface area contributed by atoms with E-state index in [0.717, 1.165) is 57.5 Å². The van der Waals surface area contributed by atoms with Crippen LogP contribution in [0, 0.1) is 0 Å². The zero-order valence-electron chi connectivity index (χ0n) is 17.2. The van der Waals surface area contributed by atoms with E-state index >= 15 is 0 Å². The van der Waals surface area contributed by atoms with E-state index in [9.17, 15) is 0 Å². The largest absolute Gasteiger partial charge is 0.469 e. The Hall–Kier alpha value is -2.35. The van der Waals surface area contributed by atoms with Gasteiger partial charge in [0.05, 0.1) is 32.6 Å². The molecule has 29 heavy (non-hydrogen) atoms. The minimum absolute atomic E-state index is 0.629. The Balaban J connectivity index is 1.59. The second-order valence-corrected chi connectivity index (χ2v) is 7.00. The highest BCUT2D eigenvalue weighted by Gasteiger charge is 2.12. The number of nitrogens with one attached hydrogen (secondary N) is 2. The molecule has 1 fully saturated rings. The number of ether oxygens (including phenoxy) is 2. The van der Waals surface area contributed by atoms with Crippen LogP contribution in [-0.2, 0) is 29.0 Å². The van der Waals surface area contributed by atoms with Gasteiger partial charge in [0.25, 0.3) is 0 Å². The normalized spacial score (nSPS) is 15.4. The third-order valence-corrected chi connectivity index (χ3v) is 4.87. The molecule has 0 saturated carbocycles. The van der Waals surface area contributed by atoms with Crippen molar-refractivity contribution in [2.75, 3.05) is 53.1 Å². The average Bonchev–Trinajstić information content (AvgIpc) is 3.27. The zero-order chi connectivity index (χ0) is 20.2. The Kier molecular flexibility index (Phi) is 9.03. The second-order valence-electron chi connectivity index (χ2n) is 7.00. The Bertz CT molecular complexity index is 727. The number of furan rings is 1. The molecule has 0 radical (unpaired) electrons. The third-order valence-electron chi connectivity index (χ3n) is 4.87. The van der Waals surface area contributed by atoms with Gasteiger partial charge in [0.1, 0.15) is 5.76 Å². The summed E-state index contributed by atoms with van der Waals surface area (Å²) in [7, 11) is 1.70. The summed E-state index contributed by atoms with van der Waals surface area (Å²) in [6.07, 6.45) is 2.51. The predicted molar refractivity (Wildman–Crippen MR) is 114 cm³/mol. The molecule has 2 heterocycles. The first kappa shape index (κ1) is 21.4. The van der Waals surface area contributed by atoms with Crippen molar-refractivity contribution >= 4 is 5.96 Å². The van der Waals surface area contributed by atoms with Gasteiger partial charge < -0.3 is 24.5 Å². The van der Waals surface area contributed by atoms with Gasteiger partial charge in [-0.25, -0.2) is 4.99 Å². The topological polar surface area (TPSA) is 71.3 Å². The summed E-state index contributed by atoms with van der Waals surface area (Å²) >= 11 is 0. The van der Waals surface area contributed by atoms with Gasteiger partial charge in [-0.15, -0.1) is 0 Å². The van der Waals surface area contributed by atoms with E-state index in [-0.39, 0.29) is 0 Å². The van der Waals surface area contributed by atoms with E-state index in [1.165, 1.54) is 11.1 Å². The van der Waals surface area contributed by atoms with Gasteiger partial charge in [0.15, 0.2) is 5.96 Å². The molecule has 158 valence electrons. The van der Waals surface area contributed by atoms with Gasteiger partial charge in [-0.3, -0.25) is 4.90 Å². The smallest absolute Gasteiger partial charge is 0.191 e. The van der Waals surface area contributed by atoms with Crippen molar-refractivity contribution in [3.05, 3.63) is 59.5 Å². The highest BCUT2D eigenvalue weighted by Crippen LogP contribution is 2.14. The number of methoxy groups -OCH3 is 1. The number of guanidine groups is 1. The first-order chi connectivity index (χ1) is 14.3. The average molecular weight is 401 g/mol. The van der Waals surface area contributed by atoms with Crippen molar-refractivity contribution in [2.24, 2.45) is 4.99 Å². The van der Waals surface area contributed by atoms with Crippen LogP contribution in [0.2, 0.25) is 0 Å². The quantitative estimate of drug-likeness (QED) is 0.361. The zero-order valence-corrected chi connectivity index (χ0v) is 17.2. The molecule has 0 atom stereocenters. The minimum Gasteiger partial charge on any atom is -0.469 e. The number of hydrogen-bond donors (Lipinski definition) is 2. The van der Waals surface area contributed by atoms with Crippen molar-refractivity contribution in [2.45, 2.75) is 19.5 Å². The van der Waals surface area contributed by atoms with Gasteiger partial charge in [-0.1, -0.05) is 24.3 Å². The Morgan fingerprint density at radius 3 is 2.62 bits per heavy atom. The second kappa shape index (κ2) is 12.3. The summed E-state index contributed by atoms with van der Waals surface area (Å²) in [5.41, 5.74) is 2.57. The first-order valence-corrected chi connectivity index (χ1v) is 10.3. The molecule has 0 bridgehead atoms. The van der Waals surface area contributed by atoms with Crippen LogP contribution in [0.1, 0.15) is 16.9 Å². The van der Waals surface area contributed by atoms with Crippen LogP contribution in [0.15, 0.2) is 52.1 Å². The highest BCUT2D eigenvalue weighted by molar-refractivity contribution is 5.79. The first-order valence-electron chi connectivity index (χ1n) is 10.3. The molecule has 2 aromatic rings. The summed E-state index contributed by atoms with van der Waals surface area (Å²) in [6.45, 7) is 7.25. The molecule has 2 N–H and O–H groups in total. The van der Waals surface area contributed by atoms with Crippen LogP contribution >= 0.6 is 0 Å². The van der Waals surface area contributed by atoms with Crippen LogP contribution in [0.5, 0.6) is 0 Å². The number of benzene rings is 1. The van der Waals surface area contributed by atoms with Crippen molar-refractivity contribution in [1.29, 1.82) is 0 Å². The van der Waals surface area contributed by atoms with Crippen LogP contribution < -0.4 is 10.6 Å². The fraction of sp³-hybridized carbons (Fsp3) is 0.500.